The van der Waals surface area contributed by atoms with Gasteiger partial charge < -0.3 is 19.1 Å². The van der Waals surface area contributed by atoms with Crippen molar-refractivity contribution in [3.8, 4) is 0 Å². The summed E-state index contributed by atoms with van der Waals surface area (Å²) >= 11 is 0. The van der Waals surface area contributed by atoms with Crippen LogP contribution in [-0.2, 0) is 28.6 Å². The van der Waals surface area contributed by atoms with E-state index in [-0.39, 0.29) is 35.8 Å². The number of ether oxygens (including phenoxy) is 3. The molecular weight excluding hydrogens is 819 g/mol. The van der Waals surface area contributed by atoms with E-state index >= 15 is 0 Å². The highest BCUT2D eigenvalue weighted by molar-refractivity contribution is 5.72. The summed E-state index contributed by atoms with van der Waals surface area (Å²) in [6, 6.07) is 0. The van der Waals surface area contributed by atoms with Gasteiger partial charge in [-0.25, -0.2) is 0 Å². The summed E-state index contributed by atoms with van der Waals surface area (Å²) in [5, 5.41) is 0. The molecule has 0 aromatic carbocycles. The zero-order valence-electron chi connectivity index (χ0n) is 45.4. The van der Waals surface area contributed by atoms with Crippen LogP contribution in [-0.4, -0.2) is 62.8 Å². The minimum Gasteiger partial charge on any atom is -0.465 e. The Balaban J connectivity index is 4.34. The van der Waals surface area contributed by atoms with Gasteiger partial charge in [-0.05, 0) is 91.3 Å². The van der Waals surface area contributed by atoms with E-state index in [2.05, 4.69) is 46.7 Å². The van der Waals surface area contributed by atoms with Crippen LogP contribution in [0.4, 0.5) is 0 Å². The second-order valence-corrected chi connectivity index (χ2v) is 20.8. The third-order valence-corrected chi connectivity index (χ3v) is 13.9. The maximum atomic E-state index is 13.0. The van der Waals surface area contributed by atoms with E-state index in [1.165, 1.54) is 167 Å². The summed E-state index contributed by atoms with van der Waals surface area (Å²) in [4.78, 5) is 40.8. The molecule has 0 saturated carbocycles. The zero-order chi connectivity index (χ0) is 48.4. The Morgan fingerprint density at radius 3 is 0.939 bits per heavy atom. The molecule has 0 heterocycles. The molecule has 0 bridgehead atoms. The van der Waals surface area contributed by atoms with Gasteiger partial charge in [-0.3, -0.25) is 14.4 Å². The van der Waals surface area contributed by atoms with Crippen LogP contribution in [0.3, 0.4) is 0 Å². The van der Waals surface area contributed by atoms with Gasteiger partial charge in [0.2, 0.25) is 0 Å². The van der Waals surface area contributed by atoms with Crippen molar-refractivity contribution in [2.24, 2.45) is 11.8 Å². The molecule has 0 spiro atoms. The summed E-state index contributed by atoms with van der Waals surface area (Å²) < 4.78 is 17.7. The van der Waals surface area contributed by atoms with Gasteiger partial charge >= 0.3 is 17.9 Å². The van der Waals surface area contributed by atoms with Crippen LogP contribution in [0.1, 0.15) is 310 Å². The number of carbonyl (C=O) groups is 3. The van der Waals surface area contributed by atoms with Crippen LogP contribution >= 0.6 is 0 Å². The Morgan fingerprint density at radius 2 is 0.621 bits per heavy atom. The molecule has 0 N–H and O–H groups in total. The Morgan fingerprint density at radius 1 is 0.348 bits per heavy atom. The minimum absolute atomic E-state index is 0.0297. The minimum atomic E-state index is -0.0297. The lowest BCUT2D eigenvalue weighted by molar-refractivity contribution is -0.150. The van der Waals surface area contributed by atoms with Gasteiger partial charge in [-0.2, -0.15) is 0 Å². The molecule has 7 heteroatoms. The van der Waals surface area contributed by atoms with Crippen molar-refractivity contribution in [1.29, 1.82) is 0 Å². The molecule has 66 heavy (non-hydrogen) atoms. The van der Waals surface area contributed by atoms with E-state index < -0.39 is 0 Å². The molecule has 3 unspecified atom stereocenters. The summed E-state index contributed by atoms with van der Waals surface area (Å²) in [7, 11) is 4.10. The molecule has 0 fully saturated rings. The van der Waals surface area contributed by atoms with Crippen molar-refractivity contribution in [1.82, 2.24) is 4.90 Å². The van der Waals surface area contributed by atoms with E-state index in [0.717, 1.165) is 116 Å². The smallest absolute Gasteiger partial charge is 0.308 e. The molecule has 0 aromatic heterocycles. The van der Waals surface area contributed by atoms with Crippen LogP contribution in [0.5, 0.6) is 0 Å². The van der Waals surface area contributed by atoms with Crippen molar-refractivity contribution in [3.63, 3.8) is 0 Å². The van der Waals surface area contributed by atoms with E-state index in [0.29, 0.717) is 19.6 Å². The first-order valence-electron chi connectivity index (χ1n) is 29.5. The Bertz CT molecular complexity index is 1030. The van der Waals surface area contributed by atoms with Crippen LogP contribution in [0.15, 0.2) is 0 Å². The second-order valence-electron chi connectivity index (χ2n) is 20.8. The zero-order valence-corrected chi connectivity index (χ0v) is 45.4. The normalized spacial score (nSPS) is 13.0. The average Bonchev–Trinajstić information content (AvgIpc) is 3.30. The van der Waals surface area contributed by atoms with Crippen molar-refractivity contribution < 1.29 is 28.6 Å². The number of carbonyl (C=O) groups excluding carboxylic acids is 3. The molecule has 0 aromatic rings. The summed E-state index contributed by atoms with van der Waals surface area (Å²) in [6.45, 7) is 11.1. The lowest BCUT2D eigenvalue weighted by atomic mass is 9.94. The number of hydrogen-bond donors (Lipinski definition) is 0. The summed E-state index contributed by atoms with van der Waals surface area (Å²) in [6.07, 6.45) is 51.0. The van der Waals surface area contributed by atoms with E-state index in [9.17, 15) is 14.4 Å². The topological polar surface area (TPSA) is 82.1 Å². The first kappa shape index (κ1) is 64.4. The number of hydrogen-bond acceptors (Lipinski definition) is 7. The summed E-state index contributed by atoms with van der Waals surface area (Å²) in [5.41, 5.74) is 0. The number of unbranched alkanes of at least 4 members (excludes halogenated alkanes) is 30. The molecule has 3 atom stereocenters. The first-order chi connectivity index (χ1) is 32.3. The van der Waals surface area contributed by atoms with Crippen LogP contribution in [0, 0.1) is 11.8 Å². The largest absolute Gasteiger partial charge is 0.465 e. The quantitative estimate of drug-likeness (QED) is 0.0341. The molecular formula is C59H115NO6. The maximum Gasteiger partial charge on any atom is 0.308 e. The predicted molar refractivity (Wildman–Crippen MR) is 283 cm³/mol. The second kappa shape index (κ2) is 51.2. The molecule has 0 radical (unpaired) electrons. The monoisotopic (exact) mass is 934 g/mol. The van der Waals surface area contributed by atoms with Crippen molar-refractivity contribution in [2.75, 3.05) is 33.9 Å². The van der Waals surface area contributed by atoms with Gasteiger partial charge in [0.1, 0.15) is 6.10 Å². The van der Waals surface area contributed by atoms with Crippen LogP contribution in [0.2, 0.25) is 0 Å². The molecule has 0 saturated heterocycles. The number of rotatable bonds is 53. The highest BCUT2D eigenvalue weighted by atomic mass is 16.5. The van der Waals surface area contributed by atoms with Crippen molar-refractivity contribution in [2.45, 2.75) is 316 Å². The molecule has 0 aliphatic rings. The van der Waals surface area contributed by atoms with Gasteiger partial charge in [-0.15, -0.1) is 0 Å². The van der Waals surface area contributed by atoms with Gasteiger partial charge in [0.25, 0.3) is 0 Å². The molecule has 392 valence electrons. The maximum absolute atomic E-state index is 13.0. The third-order valence-electron chi connectivity index (χ3n) is 13.9. The first-order valence-corrected chi connectivity index (χ1v) is 29.5. The summed E-state index contributed by atoms with van der Waals surface area (Å²) in [5.74, 6) is 0.285. The SMILES string of the molecule is CCCCCCCCC(CCCCCC)C(=O)OCCCCCCCCCCCC(CCCCCCCCCOC(=O)C(CCCCCC)CCCCCCCC)OC(=O)CCCN(C)C. The van der Waals surface area contributed by atoms with Gasteiger partial charge in [-0.1, -0.05) is 233 Å². The predicted octanol–water partition coefficient (Wildman–Crippen LogP) is 18.0. The highest BCUT2D eigenvalue weighted by Gasteiger charge is 2.21. The Labute approximate surface area is 411 Å². The molecule has 0 amide bonds. The fraction of sp³-hybridized carbons (Fsp3) is 0.949. The molecule has 7 nitrogen and oxygen atoms in total. The lowest BCUT2D eigenvalue weighted by Gasteiger charge is -2.18. The van der Waals surface area contributed by atoms with E-state index in [4.69, 9.17) is 14.2 Å². The van der Waals surface area contributed by atoms with E-state index in [1.54, 1.807) is 0 Å². The molecule has 0 aliphatic carbocycles. The highest BCUT2D eigenvalue weighted by Crippen LogP contribution is 2.23. The third kappa shape index (κ3) is 44.9. The van der Waals surface area contributed by atoms with Crippen LogP contribution in [0.25, 0.3) is 0 Å². The standard InChI is InChI=1S/C59H115NO6/c1-7-11-15-19-29-37-46-54(44-35-17-13-9-3)58(62)64-52-41-33-27-23-21-22-25-31-39-48-56(66-57(61)50-43-51-60(5)6)49-40-32-26-24-28-34-42-53-65-59(63)55(45-36-18-14-10-4)47-38-30-20-16-12-8-2/h54-56H,7-53H2,1-6H3. The number of nitrogens with zero attached hydrogens (tertiary/aromatic N) is 1. The molecule has 0 rings (SSSR count). The number of esters is 3. The fourth-order valence-corrected chi connectivity index (χ4v) is 9.43. The molecule has 0 aliphatic heterocycles. The van der Waals surface area contributed by atoms with Crippen molar-refractivity contribution >= 4 is 17.9 Å². The van der Waals surface area contributed by atoms with Gasteiger partial charge in [0.05, 0.1) is 25.0 Å². The Kier molecular flexibility index (Phi) is 50.0. The van der Waals surface area contributed by atoms with E-state index in [1.807, 2.05) is 0 Å². The van der Waals surface area contributed by atoms with Crippen LogP contribution < -0.4 is 0 Å². The van der Waals surface area contributed by atoms with Gasteiger partial charge in [0.15, 0.2) is 0 Å². The Hall–Kier alpha value is -1.63. The van der Waals surface area contributed by atoms with Crippen molar-refractivity contribution in [3.05, 3.63) is 0 Å². The average molecular weight is 935 g/mol. The lowest BCUT2D eigenvalue weighted by Crippen LogP contribution is -2.20. The fourth-order valence-electron chi connectivity index (χ4n) is 9.43. The van der Waals surface area contributed by atoms with Gasteiger partial charge in [0, 0.05) is 6.42 Å².